The molecule has 0 amide bonds. The largest absolute Gasteiger partial charge is 0.478 e. The van der Waals surface area contributed by atoms with Gasteiger partial charge in [-0.1, -0.05) is 62.4 Å². The number of aryl methyl sites for hydroxylation is 1. The Balaban J connectivity index is 1.75. The summed E-state index contributed by atoms with van der Waals surface area (Å²) in [5.41, 5.74) is 4.06. The van der Waals surface area contributed by atoms with E-state index in [1.54, 1.807) is 6.07 Å². The molecule has 1 N–H and O–H groups in total. The fraction of sp³-hybridized carbons (Fsp3) is 0.519. The Hall–Kier alpha value is -2.17. The molecule has 0 aliphatic heterocycles. The minimum atomic E-state index is -0.911. The smallest absolute Gasteiger partial charge is 0.336 e. The first kappa shape index (κ1) is 23.5. The molecule has 0 bridgehead atoms. The number of ether oxygens (including phenoxy) is 2. The zero-order chi connectivity index (χ0) is 22.2. The summed E-state index contributed by atoms with van der Waals surface area (Å²) in [7, 11) is 0. The second-order valence-electron chi connectivity index (χ2n) is 9.05. The molecule has 31 heavy (non-hydrogen) atoms. The van der Waals surface area contributed by atoms with Crippen LogP contribution in [-0.2, 0) is 16.1 Å². The van der Waals surface area contributed by atoms with Crippen molar-refractivity contribution in [3.8, 4) is 11.1 Å². The highest BCUT2D eigenvalue weighted by atomic mass is 16.5. The first-order chi connectivity index (χ1) is 14.9. The van der Waals surface area contributed by atoms with E-state index in [9.17, 15) is 9.90 Å². The van der Waals surface area contributed by atoms with E-state index in [0.717, 1.165) is 28.7 Å². The Labute approximate surface area is 186 Å². The molecule has 1 aliphatic carbocycles. The minimum absolute atomic E-state index is 0.0616. The standard InChI is InChI=1S/C27H36O4/c1-19(2)30-18-23(15-21-10-5-4-6-11-21)31-17-22-13-14-25(27(28)29)26(16-22)24-12-8-7-9-20(24)3/h7-9,12-14,16,19,21,23H,4-6,10-11,15,17-18H2,1-3H3,(H,28,29). The number of carboxylic acid groups (broad SMARTS) is 1. The van der Waals surface area contributed by atoms with Crippen molar-refractivity contribution in [2.75, 3.05) is 6.61 Å². The number of benzene rings is 2. The van der Waals surface area contributed by atoms with Crippen molar-refractivity contribution in [3.63, 3.8) is 0 Å². The van der Waals surface area contributed by atoms with Gasteiger partial charge in [0.2, 0.25) is 0 Å². The van der Waals surface area contributed by atoms with E-state index in [1.807, 2.05) is 43.3 Å². The van der Waals surface area contributed by atoms with Crippen LogP contribution in [0, 0.1) is 12.8 Å². The number of rotatable bonds is 10. The molecule has 1 atom stereocenters. The van der Waals surface area contributed by atoms with Gasteiger partial charge in [0.25, 0.3) is 0 Å². The fourth-order valence-corrected chi connectivity index (χ4v) is 4.46. The fourth-order valence-electron chi connectivity index (χ4n) is 4.46. The molecule has 1 unspecified atom stereocenters. The van der Waals surface area contributed by atoms with Crippen LogP contribution in [-0.4, -0.2) is 29.9 Å². The van der Waals surface area contributed by atoms with Crippen LogP contribution in [0.1, 0.15) is 73.9 Å². The van der Waals surface area contributed by atoms with Crippen molar-refractivity contribution in [3.05, 3.63) is 59.2 Å². The first-order valence-electron chi connectivity index (χ1n) is 11.6. The highest BCUT2D eigenvalue weighted by molar-refractivity contribution is 5.96. The number of carbonyl (C=O) groups is 1. The quantitative estimate of drug-likeness (QED) is 0.464. The maximum Gasteiger partial charge on any atom is 0.336 e. The molecule has 1 saturated carbocycles. The average molecular weight is 425 g/mol. The molecule has 1 fully saturated rings. The molecule has 168 valence electrons. The minimum Gasteiger partial charge on any atom is -0.478 e. The molecule has 0 heterocycles. The summed E-state index contributed by atoms with van der Waals surface area (Å²) >= 11 is 0. The molecule has 3 rings (SSSR count). The Morgan fingerprint density at radius 3 is 2.45 bits per heavy atom. The summed E-state index contributed by atoms with van der Waals surface area (Å²) in [6.07, 6.45) is 7.83. The monoisotopic (exact) mass is 424 g/mol. The van der Waals surface area contributed by atoms with Gasteiger partial charge in [0, 0.05) is 0 Å². The van der Waals surface area contributed by atoms with Gasteiger partial charge >= 0.3 is 5.97 Å². The second-order valence-corrected chi connectivity index (χ2v) is 9.05. The van der Waals surface area contributed by atoms with Crippen molar-refractivity contribution in [1.82, 2.24) is 0 Å². The maximum absolute atomic E-state index is 11.8. The van der Waals surface area contributed by atoms with Crippen molar-refractivity contribution in [1.29, 1.82) is 0 Å². The Kier molecular flexibility index (Phi) is 8.68. The molecule has 1 aliphatic rings. The van der Waals surface area contributed by atoms with E-state index >= 15 is 0 Å². The van der Waals surface area contributed by atoms with E-state index < -0.39 is 5.97 Å². The third-order valence-corrected chi connectivity index (χ3v) is 6.17. The Morgan fingerprint density at radius 2 is 1.77 bits per heavy atom. The lowest BCUT2D eigenvalue weighted by molar-refractivity contribution is -0.0532. The number of aromatic carboxylic acids is 1. The van der Waals surface area contributed by atoms with Gasteiger partial charge in [-0.05, 0) is 67.5 Å². The van der Waals surface area contributed by atoms with E-state index in [4.69, 9.17) is 9.47 Å². The lowest BCUT2D eigenvalue weighted by Crippen LogP contribution is -2.26. The van der Waals surface area contributed by atoms with Gasteiger partial charge in [0.1, 0.15) is 0 Å². The average Bonchev–Trinajstić information content (AvgIpc) is 2.76. The van der Waals surface area contributed by atoms with E-state index in [-0.39, 0.29) is 12.2 Å². The lowest BCUT2D eigenvalue weighted by Gasteiger charge is -2.27. The molecular weight excluding hydrogens is 388 g/mol. The molecule has 0 aromatic heterocycles. The molecular formula is C27H36O4. The third-order valence-electron chi connectivity index (χ3n) is 6.17. The van der Waals surface area contributed by atoms with Crippen LogP contribution in [0.4, 0.5) is 0 Å². The van der Waals surface area contributed by atoms with Crippen molar-refractivity contribution < 1.29 is 19.4 Å². The zero-order valence-corrected chi connectivity index (χ0v) is 19.1. The summed E-state index contributed by atoms with van der Waals surface area (Å²) < 4.78 is 12.2. The van der Waals surface area contributed by atoms with Crippen molar-refractivity contribution in [2.24, 2.45) is 5.92 Å². The second kappa shape index (κ2) is 11.4. The van der Waals surface area contributed by atoms with Crippen LogP contribution in [0.15, 0.2) is 42.5 Å². The number of hydrogen-bond donors (Lipinski definition) is 1. The topological polar surface area (TPSA) is 55.8 Å². The van der Waals surface area contributed by atoms with Crippen LogP contribution in [0.5, 0.6) is 0 Å². The van der Waals surface area contributed by atoms with Crippen LogP contribution in [0.2, 0.25) is 0 Å². The van der Waals surface area contributed by atoms with Gasteiger partial charge in [0.05, 0.1) is 31.0 Å². The molecule has 4 nitrogen and oxygen atoms in total. The molecule has 4 heteroatoms. The van der Waals surface area contributed by atoms with Gasteiger partial charge in [-0.15, -0.1) is 0 Å². The lowest BCUT2D eigenvalue weighted by atomic mass is 9.85. The molecule has 0 spiro atoms. The van der Waals surface area contributed by atoms with Gasteiger partial charge in [-0.25, -0.2) is 4.79 Å². The van der Waals surface area contributed by atoms with Crippen LogP contribution < -0.4 is 0 Å². The highest BCUT2D eigenvalue weighted by Gasteiger charge is 2.21. The van der Waals surface area contributed by atoms with Crippen molar-refractivity contribution >= 4 is 5.97 Å². The summed E-state index contributed by atoms with van der Waals surface area (Å²) in [5.74, 6) is -0.197. The number of hydrogen-bond acceptors (Lipinski definition) is 3. The van der Waals surface area contributed by atoms with Crippen LogP contribution in [0.3, 0.4) is 0 Å². The highest BCUT2D eigenvalue weighted by Crippen LogP contribution is 2.30. The van der Waals surface area contributed by atoms with E-state index in [0.29, 0.717) is 24.7 Å². The third kappa shape index (κ3) is 6.91. The predicted octanol–water partition coefficient (Wildman–Crippen LogP) is 6.64. The molecule has 0 radical (unpaired) electrons. The van der Waals surface area contributed by atoms with Gasteiger partial charge < -0.3 is 14.6 Å². The van der Waals surface area contributed by atoms with Gasteiger partial charge in [0.15, 0.2) is 0 Å². The SMILES string of the molecule is Cc1ccccc1-c1cc(COC(COC(C)C)CC2CCCCC2)ccc1C(=O)O. The first-order valence-corrected chi connectivity index (χ1v) is 11.6. The normalized spacial score (nSPS) is 15.9. The van der Waals surface area contributed by atoms with Crippen LogP contribution >= 0.6 is 0 Å². The summed E-state index contributed by atoms with van der Waals surface area (Å²) in [6.45, 7) is 7.17. The molecule has 0 saturated heterocycles. The summed E-state index contributed by atoms with van der Waals surface area (Å²) in [6, 6.07) is 13.4. The zero-order valence-electron chi connectivity index (χ0n) is 19.1. The molecule has 2 aromatic rings. The molecule has 2 aromatic carbocycles. The van der Waals surface area contributed by atoms with Gasteiger partial charge in [-0.2, -0.15) is 0 Å². The predicted molar refractivity (Wildman–Crippen MR) is 124 cm³/mol. The van der Waals surface area contributed by atoms with Crippen LogP contribution in [0.25, 0.3) is 11.1 Å². The van der Waals surface area contributed by atoms with E-state index in [2.05, 4.69) is 13.8 Å². The summed E-state index contributed by atoms with van der Waals surface area (Å²) in [5, 5.41) is 9.68. The van der Waals surface area contributed by atoms with E-state index in [1.165, 1.54) is 32.1 Å². The number of carboxylic acids is 1. The maximum atomic E-state index is 11.8. The van der Waals surface area contributed by atoms with Crippen molar-refractivity contribution in [2.45, 2.75) is 78.1 Å². The Bertz CT molecular complexity index is 852. The Morgan fingerprint density at radius 1 is 1.03 bits per heavy atom. The summed E-state index contributed by atoms with van der Waals surface area (Å²) in [4.78, 5) is 11.8. The van der Waals surface area contributed by atoms with Gasteiger partial charge in [-0.3, -0.25) is 0 Å².